The number of alkyl halides is 3. The molecule has 2 heterocycles. The van der Waals surface area contributed by atoms with Crippen molar-refractivity contribution in [3.63, 3.8) is 0 Å². The summed E-state index contributed by atoms with van der Waals surface area (Å²) in [4.78, 5) is 6.24. The molecule has 0 amide bonds. The van der Waals surface area contributed by atoms with Gasteiger partial charge >= 0.3 is 6.18 Å². The second-order valence-corrected chi connectivity index (χ2v) is 9.61. The van der Waals surface area contributed by atoms with Gasteiger partial charge in [-0.15, -0.1) is 0 Å². The van der Waals surface area contributed by atoms with Crippen LogP contribution < -0.4 is 4.74 Å². The Hall–Kier alpha value is -2.54. The van der Waals surface area contributed by atoms with Gasteiger partial charge in [0.05, 0.1) is 18.1 Å². The molecule has 1 aliphatic heterocycles. The van der Waals surface area contributed by atoms with Crippen LogP contribution in [0.15, 0.2) is 42.5 Å². The van der Waals surface area contributed by atoms with Crippen molar-refractivity contribution in [2.75, 3.05) is 20.2 Å². The quantitative estimate of drug-likeness (QED) is 0.479. The van der Waals surface area contributed by atoms with Gasteiger partial charge in [-0.25, -0.2) is 4.98 Å². The topological polar surface area (TPSA) is 30.3 Å². The molecule has 4 nitrogen and oxygen atoms in total. The second-order valence-electron chi connectivity index (χ2n) is 9.61. The maximum atomic E-state index is 13.8. The molecule has 0 spiro atoms. The Morgan fingerprint density at radius 1 is 1.00 bits per heavy atom. The SMILES string of the molecule is COc1ccc2c(c1)nc(C(F)(F)F)n2C1CCN(Cc2ccc(C(C)(C)C)cc2)CC1. The van der Waals surface area contributed by atoms with Crippen LogP contribution in [0.3, 0.4) is 0 Å². The molecule has 2 aromatic carbocycles. The van der Waals surface area contributed by atoms with E-state index < -0.39 is 12.0 Å². The summed E-state index contributed by atoms with van der Waals surface area (Å²) in [7, 11) is 1.50. The number of likely N-dealkylation sites (tertiary alicyclic amines) is 1. The molecule has 32 heavy (non-hydrogen) atoms. The van der Waals surface area contributed by atoms with E-state index in [0.717, 1.165) is 19.6 Å². The average Bonchev–Trinajstić information content (AvgIpc) is 3.13. The highest BCUT2D eigenvalue weighted by molar-refractivity contribution is 5.78. The van der Waals surface area contributed by atoms with Gasteiger partial charge in [0, 0.05) is 31.7 Å². The summed E-state index contributed by atoms with van der Waals surface area (Å²) in [6.45, 7) is 8.89. The largest absolute Gasteiger partial charge is 0.497 e. The molecule has 3 aromatic rings. The minimum atomic E-state index is -4.50. The van der Waals surface area contributed by atoms with Crippen LogP contribution in [0.1, 0.15) is 56.6 Å². The summed E-state index contributed by atoms with van der Waals surface area (Å²) in [5.41, 5.74) is 3.47. The first-order valence-corrected chi connectivity index (χ1v) is 11.0. The van der Waals surface area contributed by atoms with Crippen LogP contribution >= 0.6 is 0 Å². The zero-order chi connectivity index (χ0) is 23.1. The minimum Gasteiger partial charge on any atom is -0.497 e. The molecular formula is C25H30F3N3O. The molecule has 1 saturated heterocycles. The number of benzene rings is 2. The molecule has 7 heteroatoms. The Bertz CT molecular complexity index is 1070. The van der Waals surface area contributed by atoms with Gasteiger partial charge in [-0.1, -0.05) is 45.0 Å². The molecule has 1 aliphatic rings. The van der Waals surface area contributed by atoms with E-state index in [4.69, 9.17) is 4.74 Å². The summed E-state index contributed by atoms with van der Waals surface area (Å²) in [6, 6.07) is 13.4. The average molecular weight is 446 g/mol. The van der Waals surface area contributed by atoms with Crippen molar-refractivity contribution in [1.82, 2.24) is 14.5 Å². The number of piperidine rings is 1. The molecule has 0 unspecified atom stereocenters. The molecule has 0 N–H and O–H groups in total. The molecule has 0 atom stereocenters. The Morgan fingerprint density at radius 3 is 2.22 bits per heavy atom. The van der Waals surface area contributed by atoms with E-state index in [2.05, 4.69) is 54.9 Å². The predicted octanol–water partition coefficient (Wildman–Crippen LogP) is 6.20. The summed E-state index contributed by atoms with van der Waals surface area (Å²) in [6.07, 6.45) is -3.19. The van der Waals surface area contributed by atoms with Crippen LogP contribution in [0.5, 0.6) is 5.75 Å². The highest BCUT2D eigenvalue weighted by atomic mass is 19.4. The van der Waals surface area contributed by atoms with Gasteiger partial charge in [-0.2, -0.15) is 13.2 Å². The van der Waals surface area contributed by atoms with Crippen molar-refractivity contribution < 1.29 is 17.9 Å². The van der Waals surface area contributed by atoms with Gasteiger partial charge < -0.3 is 9.30 Å². The van der Waals surface area contributed by atoms with Crippen molar-refractivity contribution >= 4 is 11.0 Å². The first kappa shape index (κ1) is 22.6. The van der Waals surface area contributed by atoms with Gasteiger partial charge in [0.25, 0.3) is 0 Å². The monoisotopic (exact) mass is 445 g/mol. The normalized spacial score (nSPS) is 16.6. The molecule has 0 aliphatic carbocycles. The number of imidazole rings is 1. The summed E-state index contributed by atoms with van der Waals surface area (Å²) in [5, 5.41) is 0. The van der Waals surface area contributed by atoms with E-state index in [-0.39, 0.29) is 11.5 Å². The van der Waals surface area contributed by atoms with Crippen LogP contribution in [0.2, 0.25) is 0 Å². The fourth-order valence-electron chi connectivity index (χ4n) is 4.48. The van der Waals surface area contributed by atoms with Crippen molar-refractivity contribution in [2.24, 2.45) is 0 Å². The lowest BCUT2D eigenvalue weighted by Crippen LogP contribution is -2.35. The Balaban J connectivity index is 1.50. The standard InChI is InChI=1S/C25H30F3N3O/c1-24(2,3)18-7-5-17(6-8-18)16-30-13-11-19(12-14-30)31-22-10-9-20(32-4)15-21(22)29-23(31)25(26,27)28/h5-10,15,19H,11-14,16H2,1-4H3. The number of nitrogens with zero attached hydrogens (tertiary/aromatic N) is 3. The van der Waals surface area contributed by atoms with E-state index in [1.807, 2.05) is 0 Å². The number of halogens is 3. The Labute approximate surface area is 187 Å². The molecule has 0 bridgehead atoms. The van der Waals surface area contributed by atoms with E-state index in [1.54, 1.807) is 18.2 Å². The van der Waals surface area contributed by atoms with Gasteiger partial charge in [0.2, 0.25) is 5.82 Å². The van der Waals surface area contributed by atoms with Crippen LogP contribution in [-0.2, 0) is 18.1 Å². The minimum absolute atomic E-state index is 0.116. The van der Waals surface area contributed by atoms with Crippen LogP contribution in [0.25, 0.3) is 11.0 Å². The summed E-state index contributed by atoms with van der Waals surface area (Å²) < 4.78 is 47.9. The Morgan fingerprint density at radius 2 is 1.66 bits per heavy atom. The maximum Gasteiger partial charge on any atom is 0.449 e. The highest BCUT2D eigenvalue weighted by Gasteiger charge is 2.40. The smallest absolute Gasteiger partial charge is 0.449 e. The number of hydrogen-bond acceptors (Lipinski definition) is 3. The Kier molecular flexibility index (Phi) is 5.96. The van der Waals surface area contributed by atoms with Crippen molar-refractivity contribution in [2.45, 2.75) is 57.8 Å². The van der Waals surface area contributed by atoms with Gasteiger partial charge in [0.15, 0.2) is 0 Å². The van der Waals surface area contributed by atoms with Gasteiger partial charge in [-0.3, -0.25) is 4.90 Å². The van der Waals surface area contributed by atoms with Crippen molar-refractivity contribution in [3.05, 3.63) is 59.4 Å². The maximum absolute atomic E-state index is 13.8. The number of fused-ring (bicyclic) bond motifs is 1. The lowest BCUT2D eigenvalue weighted by atomic mass is 9.86. The van der Waals surface area contributed by atoms with E-state index in [0.29, 0.717) is 29.6 Å². The van der Waals surface area contributed by atoms with Gasteiger partial charge in [-0.05, 0) is 41.5 Å². The molecule has 1 aromatic heterocycles. The van der Waals surface area contributed by atoms with Crippen LogP contribution in [-0.4, -0.2) is 34.7 Å². The molecular weight excluding hydrogens is 415 g/mol. The molecule has 0 saturated carbocycles. The lowest BCUT2D eigenvalue weighted by Gasteiger charge is -2.34. The third kappa shape index (κ3) is 4.63. The molecule has 1 fully saturated rings. The van der Waals surface area contributed by atoms with Gasteiger partial charge in [0.1, 0.15) is 5.75 Å². The fourth-order valence-corrected chi connectivity index (χ4v) is 4.48. The first-order valence-electron chi connectivity index (χ1n) is 11.0. The molecule has 0 radical (unpaired) electrons. The van der Waals surface area contributed by atoms with Crippen molar-refractivity contribution in [1.29, 1.82) is 0 Å². The molecule has 4 rings (SSSR count). The second kappa shape index (κ2) is 8.43. The third-order valence-corrected chi connectivity index (χ3v) is 6.30. The number of rotatable bonds is 4. The van der Waals surface area contributed by atoms with Crippen molar-refractivity contribution in [3.8, 4) is 5.75 Å². The van der Waals surface area contributed by atoms with E-state index in [9.17, 15) is 13.2 Å². The number of methoxy groups -OCH3 is 1. The number of ether oxygens (including phenoxy) is 1. The van der Waals surface area contributed by atoms with Crippen LogP contribution in [0, 0.1) is 0 Å². The number of hydrogen-bond donors (Lipinski definition) is 0. The van der Waals surface area contributed by atoms with E-state index in [1.165, 1.54) is 22.8 Å². The zero-order valence-electron chi connectivity index (χ0n) is 19.0. The summed E-state index contributed by atoms with van der Waals surface area (Å²) >= 11 is 0. The van der Waals surface area contributed by atoms with E-state index >= 15 is 0 Å². The third-order valence-electron chi connectivity index (χ3n) is 6.30. The predicted molar refractivity (Wildman–Crippen MR) is 120 cm³/mol. The van der Waals surface area contributed by atoms with Crippen LogP contribution in [0.4, 0.5) is 13.2 Å². The zero-order valence-corrected chi connectivity index (χ0v) is 19.0. The first-order chi connectivity index (χ1) is 15.1. The fraction of sp³-hybridized carbons (Fsp3) is 0.480. The molecule has 172 valence electrons. The lowest BCUT2D eigenvalue weighted by molar-refractivity contribution is -0.148. The number of aromatic nitrogens is 2. The summed E-state index contributed by atoms with van der Waals surface area (Å²) in [5.74, 6) is -0.319. The highest BCUT2D eigenvalue weighted by Crippen LogP contribution is 2.37.